The molecular formula is C12H9NO2. The Kier molecular flexibility index (Phi) is 1.69. The van der Waals surface area contributed by atoms with Gasteiger partial charge in [-0.2, -0.15) is 5.26 Å². The molecule has 3 heteroatoms. The lowest BCUT2D eigenvalue weighted by Gasteiger charge is -2.14. The number of hydrogen-bond donors (Lipinski definition) is 0. The molecule has 1 aliphatic heterocycles. The monoisotopic (exact) mass is 199 g/mol. The van der Waals surface area contributed by atoms with Crippen LogP contribution in [0.3, 0.4) is 0 Å². The summed E-state index contributed by atoms with van der Waals surface area (Å²) in [7, 11) is 0. The predicted molar refractivity (Wildman–Crippen MR) is 54.5 cm³/mol. The molecule has 1 heterocycles. The number of nitrogens with zero attached hydrogens (tertiary/aromatic N) is 1. The average Bonchev–Trinajstić information content (AvgIpc) is 2.76. The maximum Gasteiger partial charge on any atom is 0.231 e. The Labute approximate surface area is 87.5 Å². The van der Waals surface area contributed by atoms with E-state index in [0.29, 0.717) is 0 Å². The summed E-state index contributed by atoms with van der Waals surface area (Å²) in [4.78, 5) is 0. The minimum Gasteiger partial charge on any atom is -0.454 e. The molecule has 0 spiro atoms. The Bertz CT molecular complexity index is 497. The molecule has 0 N–H and O–H groups in total. The maximum atomic E-state index is 9.00. The summed E-state index contributed by atoms with van der Waals surface area (Å²) in [5.41, 5.74) is 2.85. The Balaban J connectivity index is 2.23. The first-order chi connectivity index (χ1) is 7.40. The molecule has 0 aromatic heterocycles. The van der Waals surface area contributed by atoms with E-state index < -0.39 is 0 Å². The highest BCUT2D eigenvalue weighted by molar-refractivity contribution is 5.82. The van der Waals surface area contributed by atoms with E-state index in [-0.39, 0.29) is 6.79 Å². The van der Waals surface area contributed by atoms with Crippen LogP contribution in [0.1, 0.15) is 17.5 Å². The smallest absolute Gasteiger partial charge is 0.231 e. The van der Waals surface area contributed by atoms with Gasteiger partial charge in [0.2, 0.25) is 6.79 Å². The second-order valence-electron chi connectivity index (χ2n) is 3.59. The van der Waals surface area contributed by atoms with Gasteiger partial charge in [-0.3, -0.25) is 0 Å². The highest BCUT2D eigenvalue weighted by Crippen LogP contribution is 2.41. The van der Waals surface area contributed by atoms with Crippen molar-refractivity contribution in [3.63, 3.8) is 0 Å². The molecule has 0 unspecified atom stereocenters. The molecule has 0 amide bonds. The van der Waals surface area contributed by atoms with Crippen molar-refractivity contribution in [2.45, 2.75) is 12.8 Å². The molecule has 74 valence electrons. The van der Waals surface area contributed by atoms with Gasteiger partial charge < -0.3 is 9.47 Å². The highest BCUT2D eigenvalue weighted by atomic mass is 16.7. The quantitative estimate of drug-likeness (QED) is 0.643. The third-order valence-corrected chi connectivity index (χ3v) is 2.80. The van der Waals surface area contributed by atoms with E-state index in [1.54, 1.807) is 0 Å². The zero-order valence-corrected chi connectivity index (χ0v) is 8.12. The van der Waals surface area contributed by atoms with Crippen LogP contribution in [0.2, 0.25) is 0 Å². The highest BCUT2D eigenvalue weighted by Gasteiger charge is 2.23. The average molecular weight is 199 g/mol. The topological polar surface area (TPSA) is 42.2 Å². The number of nitriles is 1. The fourth-order valence-corrected chi connectivity index (χ4v) is 2.11. The molecule has 15 heavy (non-hydrogen) atoms. The molecule has 3 rings (SSSR count). The molecule has 0 fully saturated rings. The summed E-state index contributed by atoms with van der Waals surface area (Å²) in [6.07, 6.45) is 3.80. The van der Waals surface area contributed by atoms with Crippen molar-refractivity contribution in [2.75, 3.05) is 6.79 Å². The zero-order valence-electron chi connectivity index (χ0n) is 8.12. The number of rotatable bonds is 0. The fourth-order valence-electron chi connectivity index (χ4n) is 2.11. The van der Waals surface area contributed by atoms with Gasteiger partial charge in [-0.15, -0.1) is 0 Å². The Morgan fingerprint density at radius 1 is 1.27 bits per heavy atom. The Morgan fingerprint density at radius 3 is 3.07 bits per heavy atom. The van der Waals surface area contributed by atoms with Gasteiger partial charge in [-0.25, -0.2) is 0 Å². The van der Waals surface area contributed by atoms with E-state index >= 15 is 0 Å². The van der Waals surface area contributed by atoms with E-state index in [1.807, 2.05) is 18.2 Å². The molecule has 1 aromatic rings. The molecule has 3 nitrogen and oxygen atoms in total. The lowest BCUT2D eigenvalue weighted by Crippen LogP contribution is -2.00. The molecule has 0 saturated heterocycles. The summed E-state index contributed by atoms with van der Waals surface area (Å²) in [5.74, 6) is 1.63. The van der Waals surface area contributed by atoms with Crippen molar-refractivity contribution in [1.29, 1.82) is 5.26 Å². The van der Waals surface area contributed by atoms with E-state index in [9.17, 15) is 0 Å². The summed E-state index contributed by atoms with van der Waals surface area (Å²) in [6, 6.07) is 6.03. The zero-order chi connectivity index (χ0) is 10.3. The van der Waals surface area contributed by atoms with E-state index in [2.05, 4.69) is 6.07 Å². The Morgan fingerprint density at radius 2 is 2.20 bits per heavy atom. The Hall–Kier alpha value is -1.95. The maximum absolute atomic E-state index is 9.00. The van der Waals surface area contributed by atoms with Gasteiger partial charge in [-0.1, -0.05) is 6.08 Å². The molecule has 0 bridgehead atoms. The summed E-state index contributed by atoms with van der Waals surface area (Å²) in [5, 5.41) is 9.00. The molecule has 0 radical (unpaired) electrons. The molecule has 1 aromatic carbocycles. The fraction of sp³-hybridized carbons (Fsp3) is 0.250. The van der Waals surface area contributed by atoms with Gasteiger partial charge in [0, 0.05) is 5.56 Å². The van der Waals surface area contributed by atoms with Crippen LogP contribution in [0.15, 0.2) is 18.2 Å². The number of benzene rings is 1. The van der Waals surface area contributed by atoms with Crippen LogP contribution in [0.5, 0.6) is 11.5 Å². The van der Waals surface area contributed by atoms with Crippen LogP contribution in [0, 0.1) is 11.3 Å². The van der Waals surface area contributed by atoms with Crippen molar-refractivity contribution < 1.29 is 9.47 Å². The van der Waals surface area contributed by atoms with Crippen LogP contribution in [0.25, 0.3) is 5.57 Å². The van der Waals surface area contributed by atoms with Crippen LogP contribution < -0.4 is 9.47 Å². The summed E-state index contributed by atoms with van der Waals surface area (Å²) < 4.78 is 10.7. The summed E-state index contributed by atoms with van der Waals surface area (Å²) in [6.45, 7) is 0.289. The number of hydrogen-bond acceptors (Lipinski definition) is 3. The number of ether oxygens (including phenoxy) is 2. The van der Waals surface area contributed by atoms with Crippen molar-refractivity contribution in [3.8, 4) is 17.6 Å². The van der Waals surface area contributed by atoms with Crippen LogP contribution in [0.4, 0.5) is 0 Å². The second-order valence-corrected chi connectivity index (χ2v) is 3.59. The van der Waals surface area contributed by atoms with Crippen LogP contribution in [-0.2, 0) is 6.42 Å². The molecule has 0 saturated carbocycles. The minimum absolute atomic E-state index is 0.289. The van der Waals surface area contributed by atoms with Crippen LogP contribution in [-0.4, -0.2) is 6.79 Å². The number of fused-ring (bicyclic) bond motifs is 3. The first kappa shape index (κ1) is 8.37. The second kappa shape index (κ2) is 3.03. The van der Waals surface area contributed by atoms with Gasteiger partial charge in [0.05, 0.1) is 11.6 Å². The van der Waals surface area contributed by atoms with Crippen molar-refractivity contribution in [2.24, 2.45) is 0 Å². The van der Waals surface area contributed by atoms with E-state index in [0.717, 1.165) is 41.0 Å². The molecule has 1 aliphatic carbocycles. The number of allylic oxidation sites excluding steroid dienone is 2. The predicted octanol–water partition coefficient (Wildman–Crippen LogP) is 2.27. The van der Waals surface area contributed by atoms with Gasteiger partial charge in [0.1, 0.15) is 0 Å². The lowest BCUT2D eigenvalue weighted by atomic mass is 9.90. The third-order valence-electron chi connectivity index (χ3n) is 2.80. The third kappa shape index (κ3) is 1.11. The van der Waals surface area contributed by atoms with E-state index in [4.69, 9.17) is 14.7 Å². The van der Waals surface area contributed by atoms with Crippen molar-refractivity contribution in [3.05, 3.63) is 29.3 Å². The first-order valence-corrected chi connectivity index (χ1v) is 4.92. The normalized spacial score (nSPS) is 16.6. The van der Waals surface area contributed by atoms with Crippen LogP contribution >= 0.6 is 0 Å². The minimum atomic E-state index is 0.289. The van der Waals surface area contributed by atoms with Gasteiger partial charge in [0.25, 0.3) is 0 Å². The van der Waals surface area contributed by atoms with Crippen molar-refractivity contribution >= 4 is 5.57 Å². The molecule has 0 atom stereocenters. The van der Waals surface area contributed by atoms with Gasteiger partial charge in [0.15, 0.2) is 11.5 Å². The van der Waals surface area contributed by atoms with E-state index in [1.165, 1.54) is 0 Å². The largest absolute Gasteiger partial charge is 0.454 e. The van der Waals surface area contributed by atoms with Gasteiger partial charge in [-0.05, 0) is 30.5 Å². The van der Waals surface area contributed by atoms with Crippen molar-refractivity contribution in [1.82, 2.24) is 0 Å². The molecular weight excluding hydrogens is 190 g/mol. The first-order valence-electron chi connectivity index (χ1n) is 4.92. The summed E-state index contributed by atoms with van der Waals surface area (Å²) >= 11 is 0. The standard InChI is InChI=1S/C12H9NO2/c13-6-8-2-1-3-10-9(8)4-5-11-12(10)15-7-14-11/h2,4-5H,1,3,7H2. The lowest BCUT2D eigenvalue weighted by molar-refractivity contribution is 0.173. The SMILES string of the molecule is N#CC1=CCCc2c1ccc1c2OCO1. The molecule has 2 aliphatic rings. The van der Waals surface area contributed by atoms with Gasteiger partial charge >= 0.3 is 0 Å².